The van der Waals surface area contributed by atoms with Crippen LogP contribution in [0.2, 0.25) is 0 Å². The summed E-state index contributed by atoms with van der Waals surface area (Å²) in [4.78, 5) is 8.08. The second-order valence-electron chi connectivity index (χ2n) is 8.81. The van der Waals surface area contributed by atoms with E-state index in [0.717, 1.165) is 30.3 Å². The predicted octanol–water partition coefficient (Wildman–Crippen LogP) is 6.23. The van der Waals surface area contributed by atoms with Gasteiger partial charge in [-0.05, 0) is 84.8 Å². The minimum atomic E-state index is -3.62. The Kier molecular flexibility index (Phi) is 6.56. The highest BCUT2D eigenvalue weighted by Gasteiger charge is 2.16. The highest BCUT2D eigenvalue weighted by atomic mass is 32.2. The molecule has 0 atom stereocenters. The molecule has 0 bridgehead atoms. The molecule has 5 nitrogen and oxygen atoms in total. The SMILES string of the molecule is Cc1sc2ccc(NS(=O)(=O)c3ccccc3)cc2c1CCN(C)Cc1ccc2ccncc2c1. The molecule has 0 amide bonds. The lowest BCUT2D eigenvalue weighted by Crippen LogP contribution is -2.20. The second-order valence-corrected chi connectivity index (χ2v) is 11.7. The number of rotatable bonds is 8. The summed E-state index contributed by atoms with van der Waals surface area (Å²) in [5.41, 5.74) is 3.12. The Morgan fingerprint density at radius 3 is 2.63 bits per heavy atom. The molecule has 0 fully saturated rings. The maximum absolute atomic E-state index is 12.8. The molecule has 0 unspecified atom stereocenters. The van der Waals surface area contributed by atoms with Gasteiger partial charge in [-0.3, -0.25) is 9.71 Å². The fourth-order valence-electron chi connectivity index (χ4n) is 4.39. The van der Waals surface area contributed by atoms with Crippen molar-refractivity contribution in [3.63, 3.8) is 0 Å². The van der Waals surface area contributed by atoms with E-state index in [1.165, 1.54) is 26.1 Å². The van der Waals surface area contributed by atoms with Crippen molar-refractivity contribution in [3.8, 4) is 0 Å². The van der Waals surface area contributed by atoms with E-state index in [-0.39, 0.29) is 4.90 Å². The number of anilines is 1. The lowest BCUT2D eigenvalue weighted by atomic mass is 10.1. The molecular weight excluding hydrogens is 474 g/mol. The first-order valence-corrected chi connectivity index (χ1v) is 13.8. The topological polar surface area (TPSA) is 62.3 Å². The van der Waals surface area contributed by atoms with E-state index < -0.39 is 10.0 Å². The molecule has 3 aromatic carbocycles. The maximum Gasteiger partial charge on any atom is 0.261 e. The normalized spacial score (nSPS) is 12.0. The Morgan fingerprint density at radius 1 is 0.971 bits per heavy atom. The zero-order valence-electron chi connectivity index (χ0n) is 19.7. The van der Waals surface area contributed by atoms with Gasteiger partial charge in [-0.2, -0.15) is 0 Å². The van der Waals surface area contributed by atoms with Crippen LogP contribution in [-0.2, 0) is 23.0 Å². The van der Waals surface area contributed by atoms with E-state index >= 15 is 0 Å². The number of fused-ring (bicyclic) bond motifs is 2. The van der Waals surface area contributed by atoms with Crippen molar-refractivity contribution >= 4 is 47.9 Å². The molecule has 0 aliphatic rings. The summed E-state index contributed by atoms with van der Waals surface area (Å²) in [5.74, 6) is 0. The standard InChI is InChI=1S/C28H27N3O2S2/c1-20-26(13-15-31(2)19-21-8-9-22-12-14-29-18-23(22)16-21)27-17-24(10-11-28(27)34-20)30-35(32,33)25-6-4-3-5-7-25/h3-12,14,16-18,30H,13,15,19H2,1-2H3. The Hall–Kier alpha value is -3.26. The van der Waals surface area contributed by atoms with Gasteiger partial charge in [0.25, 0.3) is 10.0 Å². The lowest BCUT2D eigenvalue weighted by Gasteiger charge is -2.17. The third kappa shape index (κ3) is 5.22. The number of sulfonamides is 1. The molecule has 2 heterocycles. The number of pyridine rings is 1. The van der Waals surface area contributed by atoms with Crippen LogP contribution in [0.15, 0.2) is 90.1 Å². The highest BCUT2D eigenvalue weighted by molar-refractivity contribution is 7.92. The van der Waals surface area contributed by atoms with Crippen molar-refractivity contribution in [2.45, 2.75) is 24.8 Å². The van der Waals surface area contributed by atoms with Gasteiger partial charge >= 0.3 is 0 Å². The van der Waals surface area contributed by atoms with Gasteiger partial charge in [0.05, 0.1) is 4.90 Å². The molecule has 5 rings (SSSR count). The fraction of sp³-hybridized carbons (Fsp3) is 0.179. The largest absolute Gasteiger partial charge is 0.302 e. The number of nitrogens with zero attached hydrogens (tertiary/aromatic N) is 2. The van der Waals surface area contributed by atoms with Gasteiger partial charge in [0.15, 0.2) is 0 Å². The Bertz CT molecular complexity index is 1600. The van der Waals surface area contributed by atoms with Crippen LogP contribution in [0.5, 0.6) is 0 Å². The van der Waals surface area contributed by atoms with Gasteiger partial charge < -0.3 is 4.90 Å². The maximum atomic E-state index is 12.8. The minimum absolute atomic E-state index is 0.257. The van der Waals surface area contributed by atoms with Crippen molar-refractivity contribution in [2.75, 3.05) is 18.3 Å². The molecule has 35 heavy (non-hydrogen) atoms. The fourth-order valence-corrected chi connectivity index (χ4v) is 6.55. The van der Waals surface area contributed by atoms with E-state index in [1.54, 1.807) is 41.7 Å². The van der Waals surface area contributed by atoms with Crippen molar-refractivity contribution in [1.29, 1.82) is 0 Å². The Balaban J connectivity index is 1.31. The summed E-state index contributed by atoms with van der Waals surface area (Å²) in [6.07, 6.45) is 4.62. The van der Waals surface area contributed by atoms with Crippen LogP contribution < -0.4 is 4.72 Å². The summed E-state index contributed by atoms with van der Waals surface area (Å²) < 4.78 is 29.5. The van der Waals surface area contributed by atoms with Crippen molar-refractivity contribution in [1.82, 2.24) is 9.88 Å². The molecule has 0 spiro atoms. The second kappa shape index (κ2) is 9.77. The molecule has 7 heteroatoms. The highest BCUT2D eigenvalue weighted by Crippen LogP contribution is 2.34. The van der Waals surface area contributed by atoms with Gasteiger partial charge in [-0.15, -0.1) is 11.3 Å². The zero-order chi connectivity index (χ0) is 24.4. The molecule has 1 N–H and O–H groups in total. The first-order chi connectivity index (χ1) is 16.9. The molecule has 0 saturated carbocycles. The molecule has 2 aromatic heterocycles. The number of aromatic nitrogens is 1. The van der Waals surface area contributed by atoms with Gasteiger partial charge in [0.1, 0.15) is 0 Å². The van der Waals surface area contributed by atoms with E-state index in [1.807, 2.05) is 36.7 Å². The summed E-state index contributed by atoms with van der Waals surface area (Å²) in [7, 11) is -1.49. The van der Waals surface area contributed by atoms with Crippen LogP contribution in [-0.4, -0.2) is 31.9 Å². The van der Waals surface area contributed by atoms with Gasteiger partial charge in [0.2, 0.25) is 0 Å². The number of likely N-dealkylation sites (N-methyl/N-ethyl adjacent to an activating group) is 1. The molecule has 0 radical (unpaired) electrons. The van der Waals surface area contributed by atoms with Crippen LogP contribution in [0.1, 0.15) is 16.0 Å². The Labute approximate surface area is 210 Å². The van der Waals surface area contributed by atoms with Crippen molar-refractivity contribution < 1.29 is 8.42 Å². The summed E-state index contributed by atoms with van der Waals surface area (Å²) in [6, 6.07) is 22.8. The van der Waals surface area contributed by atoms with Crippen LogP contribution in [0, 0.1) is 6.92 Å². The third-order valence-electron chi connectivity index (χ3n) is 6.20. The molecular formula is C28H27N3O2S2. The first-order valence-electron chi connectivity index (χ1n) is 11.5. The van der Waals surface area contributed by atoms with Gasteiger partial charge in [0, 0.05) is 46.1 Å². The number of nitrogens with one attached hydrogen (secondary N) is 1. The number of hydrogen-bond acceptors (Lipinski definition) is 5. The van der Waals surface area contributed by atoms with Gasteiger partial charge in [-0.1, -0.05) is 30.3 Å². The third-order valence-corrected chi connectivity index (χ3v) is 8.73. The first kappa shape index (κ1) is 23.5. The minimum Gasteiger partial charge on any atom is -0.302 e. The summed E-state index contributed by atoms with van der Waals surface area (Å²) in [6.45, 7) is 3.90. The van der Waals surface area contributed by atoms with Crippen LogP contribution in [0.3, 0.4) is 0 Å². The molecule has 0 aliphatic heterocycles. The molecule has 178 valence electrons. The zero-order valence-corrected chi connectivity index (χ0v) is 21.4. The average Bonchev–Trinajstić information content (AvgIpc) is 3.17. The summed E-state index contributed by atoms with van der Waals surface area (Å²) in [5, 5.41) is 3.47. The van der Waals surface area contributed by atoms with Gasteiger partial charge in [-0.25, -0.2) is 8.42 Å². The average molecular weight is 502 g/mol. The smallest absolute Gasteiger partial charge is 0.261 e. The molecule has 5 aromatic rings. The van der Waals surface area contributed by atoms with Crippen molar-refractivity contribution in [2.24, 2.45) is 0 Å². The quantitative estimate of drug-likeness (QED) is 0.274. The van der Waals surface area contributed by atoms with Crippen LogP contribution in [0.25, 0.3) is 20.9 Å². The molecule has 0 saturated heterocycles. The lowest BCUT2D eigenvalue weighted by molar-refractivity contribution is 0.331. The van der Waals surface area contributed by atoms with E-state index in [2.05, 4.69) is 46.8 Å². The number of thiophene rings is 1. The van der Waals surface area contributed by atoms with Crippen LogP contribution in [0.4, 0.5) is 5.69 Å². The van der Waals surface area contributed by atoms with Crippen LogP contribution >= 0.6 is 11.3 Å². The van der Waals surface area contributed by atoms with Crippen molar-refractivity contribution in [3.05, 3.63) is 101 Å². The number of hydrogen-bond donors (Lipinski definition) is 1. The Morgan fingerprint density at radius 2 is 1.80 bits per heavy atom. The van der Waals surface area contributed by atoms with E-state index in [9.17, 15) is 8.42 Å². The molecule has 0 aliphatic carbocycles. The predicted molar refractivity (Wildman–Crippen MR) is 146 cm³/mol. The number of benzene rings is 3. The summed E-state index contributed by atoms with van der Waals surface area (Å²) >= 11 is 1.76. The van der Waals surface area contributed by atoms with E-state index in [0.29, 0.717) is 5.69 Å². The number of aryl methyl sites for hydroxylation is 1. The monoisotopic (exact) mass is 501 g/mol. The van der Waals surface area contributed by atoms with E-state index in [4.69, 9.17) is 0 Å².